The van der Waals surface area contributed by atoms with Crippen LogP contribution in [0.3, 0.4) is 0 Å². The average molecular weight is 305 g/mol. The third-order valence-electron chi connectivity index (χ3n) is 2.88. The van der Waals surface area contributed by atoms with E-state index in [0.717, 1.165) is 4.21 Å². The second kappa shape index (κ2) is 5.26. The summed E-state index contributed by atoms with van der Waals surface area (Å²) < 4.78 is 0.851. The van der Waals surface area contributed by atoms with Crippen LogP contribution >= 0.6 is 23.1 Å². The molecule has 1 fully saturated rings. The average Bonchev–Trinajstić information content (AvgIpc) is 2.96. The lowest BCUT2D eigenvalue weighted by atomic mass is 10.3. The highest BCUT2D eigenvalue weighted by Crippen LogP contribution is 2.36. The second-order valence-electron chi connectivity index (χ2n) is 4.23. The molecule has 102 valence electrons. The number of para-hydroxylation sites is 1. The monoisotopic (exact) mass is 305 g/mol. The number of anilines is 2. The zero-order valence-electron chi connectivity index (χ0n) is 10.4. The molecule has 2 heterocycles. The van der Waals surface area contributed by atoms with E-state index >= 15 is 0 Å². The number of thioether (sulfide) groups is 1. The molecule has 2 amide bonds. The van der Waals surface area contributed by atoms with Crippen molar-refractivity contribution in [3.8, 4) is 0 Å². The van der Waals surface area contributed by atoms with E-state index in [1.54, 1.807) is 30.5 Å². The van der Waals surface area contributed by atoms with E-state index in [1.807, 2.05) is 6.07 Å². The van der Waals surface area contributed by atoms with Gasteiger partial charge in [0, 0.05) is 6.42 Å². The number of hydrogen-bond acceptors (Lipinski definition) is 6. The molecule has 0 aliphatic carbocycles. The molecule has 1 aliphatic rings. The molecule has 1 unspecified atom stereocenters. The van der Waals surface area contributed by atoms with Gasteiger partial charge in [0.2, 0.25) is 11.8 Å². The zero-order valence-corrected chi connectivity index (χ0v) is 12.0. The van der Waals surface area contributed by atoms with Crippen LogP contribution < -0.4 is 10.6 Å². The third kappa shape index (κ3) is 2.41. The van der Waals surface area contributed by atoms with Gasteiger partial charge < -0.3 is 5.73 Å². The molecule has 0 bridgehead atoms. The van der Waals surface area contributed by atoms with Crippen LogP contribution in [0.1, 0.15) is 6.42 Å². The van der Waals surface area contributed by atoms with Crippen LogP contribution in [0.2, 0.25) is 0 Å². The summed E-state index contributed by atoms with van der Waals surface area (Å²) in [6.45, 7) is 0. The fraction of sp³-hybridized carbons (Fsp3) is 0.154. The van der Waals surface area contributed by atoms with Crippen LogP contribution in [0.5, 0.6) is 0 Å². The van der Waals surface area contributed by atoms with Crippen molar-refractivity contribution in [3.63, 3.8) is 0 Å². The van der Waals surface area contributed by atoms with Crippen molar-refractivity contribution >= 4 is 45.7 Å². The van der Waals surface area contributed by atoms with Gasteiger partial charge in [0.05, 0.1) is 21.3 Å². The second-order valence-corrected chi connectivity index (χ2v) is 6.80. The van der Waals surface area contributed by atoms with Gasteiger partial charge in [-0.25, -0.2) is 9.88 Å². The lowest BCUT2D eigenvalue weighted by Crippen LogP contribution is -2.30. The quantitative estimate of drug-likeness (QED) is 0.879. The minimum absolute atomic E-state index is 0.170. The maximum absolute atomic E-state index is 12.4. The first-order valence-corrected chi connectivity index (χ1v) is 7.64. The molecule has 2 aromatic rings. The van der Waals surface area contributed by atoms with Gasteiger partial charge in [0.25, 0.3) is 0 Å². The van der Waals surface area contributed by atoms with E-state index in [1.165, 1.54) is 28.0 Å². The molecule has 1 atom stereocenters. The number of nitrogens with two attached hydrogens (primary N) is 1. The summed E-state index contributed by atoms with van der Waals surface area (Å²) in [7, 11) is 0. The van der Waals surface area contributed by atoms with Crippen LogP contribution in [-0.4, -0.2) is 22.0 Å². The summed E-state index contributed by atoms with van der Waals surface area (Å²) in [5.74, 6) is -0.352. The molecule has 1 aromatic heterocycles. The maximum Gasteiger partial charge on any atom is 0.247 e. The molecule has 3 rings (SSSR count). The van der Waals surface area contributed by atoms with Gasteiger partial charge in [-0.2, -0.15) is 0 Å². The number of rotatable bonds is 3. The smallest absolute Gasteiger partial charge is 0.247 e. The van der Waals surface area contributed by atoms with Crippen molar-refractivity contribution in [1.29, 1.82) is 0 Å². The highest BCUT2D eigenvalue weighted by molar-refractivity contribution is 8.02. The molecule has 0 radical (unpaired) electrons. The van der Waals surface area contributed by atoms with Crippen molar-refractivity contribution in [2.45, 2.75) is 15.9 Å². The van der Waals surface area contributed by atoms with Gasteiger partial charge in [0.15, 0.2) is 5.13 Å². The number of amides is 2. The molecule has 7 heteroatoms. The van der Waals surface area contributed by atoms with E-state index in [2.05, 4.69) is 4.98 Å². The fourth-order valence-corrected chi connectivity index (χ4v) is 4.05. The summed E-state index contributed by atoms with van der Waals surface area (Å²) in [6, 6.07) is 8.97. The normalized spacial score (nSPS) is 18.8. The van der Waals surface area contributed by atoms with Gasteiger partial charge in [-0.1, -0.05) is 41.3 Å². The van der Waals surface area contributed by atoms with Crippen molar-refractivity contribution in [1.82, 2.24) is 4.98 Å². The Hall–Kier alpha value is -1.86. The van der Waals surface area contributed by atoms with Crippen LogP contribution in [0.25, 0.3) is 0 Å². The molecule has 1 aromatic carbocycles. The summed E-state index contributed by atoms with van der Waals surface area (Å²) in [6.07, 6.45) is 1.84. The number of hydrogen-bond donors (Lipinski definition) is 1. The van der Waals surface area contributed by atoms with E-state index in [-0.39, 0.29) is 18.2 Å². The summed E-state index contributed by atoms with van der Waals surface area (Å²) in [5, 5.41) is 0.0618. The highest BCUT2D eigenvalue weighted by atomic mass is 32.2. The molecule has 1 aliphatic heterocycles. The molecule has 0 saturated carbocycles. The molecule has 20 heavy (non-hydrogen) atoms. The van der Waals surface area contributed by atoms with Crippen LogP contribution in [-0.2, 0) is 9.59 Å². The Balaban J connectivity index is 1.80. The molecular weight excluding hydrogens is 294 g/mol. The molecule has 1 saturated heterocycles. The highest BCUT2D eigenvalue weighted by Gasteiger charge is 2.40. The largest absolute Gasteiger partial charge is 0.375 e. The minimum Gasteiger partial charge on any atom is -0.375 e. The Bertz CT molecular complexity index is 657. The van der Waals surface area contributed by atoms with Crippen molar-refractivity contribution < 1.29 is 9.59 Å². The first-order valence-electron chi connectivity index (χ1n) is 5.95. The predicted molar refractivity (Wildman–Crippen MR) is 79.7 cm³/mol. The molecule has 2 N–H and O–H groups in total. The number of benzene rings is 1. The Kier molecular flexibility index (Phi) is 3.45. The predicted octanol–water partition coefficient (Wildman–Crippen LogP) is 2.15. The lowest BCUT2D eigenvalue weighted by Gasteiger charge is -2.14. The number of imide groups is 1. The zero-order chi connectivity index (χ0) is 14.1. The number of carbonyl (C=O) groups excluding carboxylic acids is 2. The Morgan fingerprint density at radius 3 is 2.70 bits per heavy atom. The van der Waals surface area contributed by atoms with E-state index in [0.29, 0.717) is 10.8 Å². The Labute approximate surface area is 123 Å². The van der Waals surface area contributed by atoms with Crippen molar-refractivity contribution in [2.75, 3.05) is 10.6 Å². The van der Waals surface area contributed by atoms with Gasteiger partial charge >= 0.3 is 0 Å². The summed E-state index contributed by atoms with van der Waals surface area (Å²) in [5.41, 5.74) is 6.18. The minimum atomic E-state index is -0.400. The molecular formula is C13H11N3O2S2. The van der Waals surface area contributed by atoms with E-state index in [9.17, 15) is 9.59 Å². The summed E-state index contributed by atoms with van der Waals surface area (Å²) >= 11 is 2.67. The first-order chi connectivity index (χ1) is 9.65. The van der Waals surface area contributed by atoms with Crippen LogP contribution in [0.4, 0.5) is 10.8 Å². The lowest BCUT2D eigenvalue weighted by molar-refractivity contribution is -0.121. The molecule has 0 spiro atoms. The van der Waals surface area contributed by atoms with E-state index in [4.69, 9.17) is 5.73 Å². The van der Waals surface area contributed by atoms with Crippen molar-refractivity contribution in [2.24, 2.45) is 0 Å². The Morgan fingerprint density at radius 1 is 1.30 bits per heavy atom. The summed E-state index contributed by atoms with van der Waals surface area (Å²) in [4.78, 5) is 29.6. The first kappa shape index (κ1) is 13.1. The van der Waals surface area contributed by atoms with Gasteiger partial charge in [-0.15, -0.1) is 0 Å². The maximum atomic E-state index is 12.4. The van der Waals surface area contributed by atoms with Crippen LogP contribution in [0, 0.1) is 0 Å². The topological polar surface area (TPSA) is 76.3 Å². The molecule has 5 nitrogen and oxygen atoms in total. The van der Waals surface area contributed by atoms with Gasteiger partial charge in [0.1, 0.15) is 0 Å². The third-order valence-corrected chi connectivity index (χ3v) is 5.03. The Morgan fingerprint density at radius 2 is 2.05 bits per heavy atom. The van der Waals surface area contributed by atoms with Crippen molar-refractivity contribution in [3.05, 3.63) is 36.5 Å². The number of carbonyl (C=O) groups is 2. The standard InChI is InChI=1S/C13H11N3O2S2/c14-13-15-7-11(20-13)19-9-6-10(17)16(12(9)18)8-4-2-1-3-5-8/h1-5,7,9H,6H2,(H2,14,15). The number of aromatic nitrogens is 1. The number of nitrogens with zero attached hydrogens (tertiary/aromatic N) is 2. The van der Waals surface area contributed by atoms with E-state index < -0.39 is 5.25 Å². The SMILES string of the molecule is Nc1ncc(SC2CC(=O)N(c3ccccc3)C2=O)s1. The number of nitrogen functional groups attached to an aromatic ring is 1. The van der Waals surface area contributed by atoms with Gasteiger partial charge in [-0.05, 0) is 12.1 Å². The number of thiazole rings is 1. The van der Waals surface area contributed by atoms with Gasteiger partial charge in [-0.3, -0.25) is 9.59 Å². The fourth-order valence-electron chi connectivity index (χ4n) is 2.01. The van der Waals surface area contributed by atoms with Crippen LogP contribution in [0.15, 0.2) is 40.7 Å².